The molecule has 3 rings (SSSR count). The summed E-state index contributed by atoms with van der Waals surface area (Å²) in [6.45, 7) is 1.89. The van der Waals surface area contributed by atoms with Crippen molar-refractivity contribution in [3.63, 3.8) is 0 Å². The largest absolute Gasteiger partial charge is 0.496 e. The van der Waals surface area contributed by atoms with Crippen molar-refractivity contribution < 1.29 is 22.1 Å². The molecule has 9 heteroatoms. The number of benzene rings is 3. The number of hydrazone groups is 1. The van der Waals surface area contributed by atoms with Crippen LogP contribution in [0.25, 0.3) is 0 Å². The average Bonchev–Trinajstić information content (AvgIpc) is 2.75. The number of nitrogens with one attached hydrogen (secondary N) is 1. The fraction of sp³-hybridized carbons (Fsp3) is 0.0909. The molecule has 1 N–H and O–H groups in total. The first-order valence-corrected chi connectivity index (χ1v) is 11.3. The van der Waals surface area contributed by atoms with Gasteiger partial charge in [0.05, 0.1) is 18.9 Å². The fourth-order valence-corrected chi connectivity index (χ4v) is 4.01. The van der Waals surface area contributed by atoms with Crippen molar-refractivity contribution in [3.05, 3.63) is 87.9 Å². The third-order valence-electron chi connectivity index (χ3n) is 4.17. The van der Waals surface area contributed by atoms with Gasteiger partial charge in [-0.3, -0.25) is 4.79 Å². The summed E-state index contributed by atoms with van der Waals surface area (Å²) in [5, 5.41) is 3.94. The van der Waals surface area contributed by atoms with Crippen LogP contribution in [0.5, 0.6) is 11.5 Å². The van der Waals surface area contributed by atoms with Crippen LogP contribution in [0.4, 0.5) is 0 Å². The lowest BCUT2D eigenvalue weighted by Gasteiger charge is -2.10. The minimum atomic E-state index is -4.03. The Hall–Kier alpha value is -3.17. The van der Waals surface area contributed by atoms with Gasteiger partial charge < -0.3 is 8.92 Å². The fourth-order valence-electron chi connectivity index (χ4n) is 2.66. The molecule has 0 heterocycles. The highest BCUT2D eigenvalue weighted by Crippen LogP contribution is 2.25. The van der Waals surface area contributed by atoms with Crippen molar-refractivity contribution in [3.8, 4) is 11.5 Å². The van der Waals surface area contributed by atoms with E-state index in [4.69, 9.17) is 8.92 Å². The van der Waals surface area contributed by atoms with E-state index in [2.05, 4.69) is 26.5 Å². The highest BCUT2D eigenvalue weighted by molar-refractivity contribution is 9.10. The minimum absolute atomic E-state index is 0.0283. The SMILES string of the molecule is COc1cc(C)ccc1C(=O)N/N=C\c1cc(Br)ccc1OS(=O)(=O)c1ccccc1. The number of aryl methyl sites for hydroxylation is 1. The second-order valence-electron chi connectivity index (χ2n) is 6.44. The second-order valence-corrected chi connectivity index (χ2v) is 8.90. The van der Waals surface area contributed by atoms with Gasteiger partial charge in [0.2, 0.25) is 0 Å². The van der Waals surface area contributed by atoms with Crippen molar-refractivity contribution in [2.24, 2.45) is 5.10 Å². The van der Waals surface area contributed by atoms with Crippen LogP contribution >= 0.6 is 15.9 Å². The molecule has 0 saturated carbocycles. The molecule has 3 aromatic rings. The first-order chi connectivity index (χ1) is 14.8. The third-order valence-corrected chi connectivity index (χ3v) is 5.92. The lowest BCUT2D eigenvalue weighted by molar-refractivity contribution is 0.0952. The predicted octanol–water partition coefficient (Wildman–Crippen LogP) is 4.30. The van der Waals surface area contributed by atoms with E-state index in [1.165, 1.54) is 31.5 Å². The van der Waals surface area contributed by atoms with Crippen molar-refractivity contribution in [2.75, 3.05) is 7.11 Å². The standard InChI is InChI=1S/C22H19BrN2O5S/c1-15-8-10-19(21(12-15)29-2)22(26)25-24-14-16-13-17(23)9-11-20(16)30-31(27,28)18-6-4-3-5-7-18/h3-14H,1-2H3,(H,25,26)/b24-14-. The second kappa shape index (κ2) is 9.76. The molecule has 0 spiro atoms. The molecule has 1 amide bonds. The van der Waals surface area contributed by atoms with Crippen LogP contribution in [0.2, 0.25) is 0 Å². The summed E-state index contributed by atoms with van der Waals surface area (Å²) in [5.74, 6) is 0.0218. The summed E-state index contributed by atoms with van der Waals surface area (Å²) in [6, 6.07) is 17.7. The van der Waals surface area contributed by atoms with Gasteiger partial charge >= 0.3 is 10.1 Å². The molecule has 0 fully saturated rings. The number of ether oxygens (including phenoxy) is 1. The van der Waals surface area contributed by atoms with Gasteiger partial charge in [-0.05, 0) is 55.0 Å². The van der Waals surface area contributed by atoms with Crippen molar-refractivity contribution >= 4 is 38.2 Å². The molecule has 0 radical (unpaired) electrons. The van der Waals surface area contributed by atoms with Crippen LogP contribution in [-0.2, 0) is 10.1 Å². The van der Waals surface area contributed by atoms with Gasteiger partial charge in [-0.25, -0.2) is 5.43 Å². The molecule has 7 nitrogen and oxygen atoms in total. The maximum absolute atomic E-state index is 12.5. The molecule has 0 aromatic heterocycles. The molecule has 0 aliphatic carbocycles. The number of nitrogens with zero attached hydrogens (tertiary/aromatic N) is 1. The quantitative estimate of drug-likeness (QED) is 0.295. The zero-order valence-electron chi connectivity index (χ0n) is 16.7. The molecule has 0 aliphatic rings. The lowest BCUT2D eigenvalue weighted by atomic mass is 10.1. The summed E-state index contributed by atoms with van der Waals surface area (Å²) in [6.07, 6.45) is 1.30. The van der Waals surface area contributed by atoms with Crippen LogP contribution in [0.3, 0.4) is 0 Å². The zero-order valence-corrected chi connectivity index (χ0v) is 19.1. The topological polar surface area (TPSA) is 94.1 Å². The lowest BCUT2D eigenvalue weighted by Crippen LogP contribution is -2.18. The predicted molar refractivity (Wildman–Crippen MR) is 121 cm³/mol. The molecule has 31 heavy (non-hydrogen) atoms. The minimum Gasteiger partial charge on any atom is -0.496 e. The Bertz CT molecular complexity index is 1230. The Balaban J connectivity index is 1.81. The van der Waals surface area contributed by atoms with E-state index in [0.29, 0.717) is 21.3 Å². The van der Waals surface area contributed by atoms with Crippen LogP contribution in [0.15, 0.2) is 81.2 Å². The molecule has 0 bridgehead atoms. The van der Waals surface area contributed by atoms with Crippen LogP contribution < -0.4 is 14.3 Å². The van der Waals surface area contributed by atoms with E-state index in [1.807, 2.05) is 6.92 Å². The van der Waals surface area contributed by atoms with Crippen molar-refractivity contribution in [1.82, 2.24) is 5.43 Å². The molecule has 0 aliphatic heterocycles. The number of amides is 1. The maximum Gasteiger partial charge on any atom is 0.339 e. The van der Waals surface area contributed by atoms with Crippen molar-refractivity contribution in [2.45, 2.75) is 11.8 Å². The van der Waals surface area contributed by atoms with Gasteiger partial charge in [-0.1, -0.05) is 40.2 Å². The molecule has 0 saturated heterocycles. The Kier molecular flexibility index (Phi) is 7.09. The number of carbonyl (C=O) groups excluding carboxylic acids is 1. The monoisotopic (exact) mass is 502 g/mol. The Morgan fingerprint density at radius 3 is 2.48 bits per heavy atom. The Labute approximate surface area is 189 Å². The van der Waals surface area contributed by atoms with Gasteiger partial charge in [0, 0.05) is 10.0 Å². The molecule has 160 valence electrons. The number of rotatable bonds is 7. The van der Waals surface area contributed by atoms with E-state index < -0.39 is 16.0 Å². The average molecular weight is 503 g/mol. The van der Waals surface area contributed by atoms with Crippen LogP contribution in [0, 0.1) is 6.92 Å². The molecular formula is C22H19BrN2O5S. The summed E-state index contributed by atoms with van der Waals surface area (Å²) < 4.78 is 36.3. The first-order valence-electron chi connectivity index (χ1n) is 9.07. The number of hydrogen-bond donors (Lipinski definition) is 1. The van der Waals surface area contributed by atoms with Gasteiger partial charge in [0.1, 0.15) is 10.6 Å². The molecular weight excluding hydrogens is 484 g/mol. The van der Waals surface area contributed by atoms with E-state index in [9.17, 15) is 13.2 Å². The summed E-state index contributed by atoms with van der Waals surface area (Å²) >= 11 is 3.33. The number of carbonyl (C=O) groups is 1. The van der Waals surface area contributed by atoms with Crippen molar-refractivity contribution in [1.29, 1.82) is 0 Å². The normalized spacial score (nSPS) is 11.3. The summed E-state index contributed by atoms with van der Waals surface area (Å²) in [7, 11) is -2.55. The van der Waals surface area contributed by atoms with E-state index >= 15 is 0 Å². The van der Waals surface area contributed by atoms with Gasteiger partial charge in [0.15, 0.2) is 5.75 Å². The zero-order chi connectivity index (χ0) is 22.4. The highest BCUT2D eigenvalue weighted by atomic mass is 79.9. The van der Waals surface area contributed by atoms with Gasteiger partial charge in [-0.15, -0.1) is 0 Å². The number of hydrogen-bond acceptors (Lipinski definition) is 6. The Morgan fingerprint density at radius 1 is 1.03 bits per heavy atom. The first kappa shape index (κ1) is 22.5. The van der Waals surface area contributed by atoms with Gasteiger partial charge in [0.25, 0.3) is 5.91 Å². The molecule has 0 atom stereocenters. The Morgan fingerprint density at radius 2 is 1.77 bits per heavy atom. The third kappa shape index (κ3) is 5.71. The molecule has 0 unspecified atom stereocenters. The van der Waals surface area contributed by atoms with E-state index in [0.717, 1.165) is 5.56 Å². The van der Waals surface area contributed by atoms with Gasteiger partial charge in [-0.2, -0.15) is 13.5 Å². The van der Waals surface area contributed by atoms with E-state index in [1.54, 1.807) is 48.5 Å². The smallest absolute Gasteiger partial charge is 0.339 e. The maximum atomic E-state index is 12.5. The molecule has 3 aromatic carbocycles. The number of methoxy groups -OCH3 is 1. The number of halogens is 1. The van der Waals surface area contributed by atoms with Crippen LogP contribution in [0.1, 0.15) is 21.5 Å². The summed E-state index contributed by atoms with van der Waals surface area (Å²) in [4.78, 5) is 12.5. The summed E-state index contributed by atoms with van der Waals surface area (Å²) in [5.41, 5.74) is 4.04. The van der Waals surface area contributed by atoms with E-state index in [-0.39, 0.29) is 10.6 Å². The van der Waals surface area contributed by atoms with Crippen LogP contribution in [-0.4, -0.2) is 27.6 Å². The highest BCUT2D eigenvalue weighted by Gasteiger charge is 2.18.